The zero-order valence-electron chi connectivity index (χ0n) is 10.3. The third-order valence-electron chi connectivity index (χ3n) is 3.35. The topological polar surface area (TPSA) is 85.4 Å². The molecule has 0 aromatic carbocycles. The van der Waals surface area contributed by atoms with Gasteiger partial charge >= 0.3 is 11.2 Å². The van der Waals surface area contributed by atoms with Crippen molar-refractivity contribution in [3.63, 3.8) is 0 Å². The summed E-state index contributed by atoms with van der Waals surface area (Å²) >= 11 is 0. The zero-order valence-corrected chi connectivity index (χ0v) is 10.3. The normalized spacial score (nSPS) is 14.3. The maximum atomic E-state index is 12.1. The van der Waals surface area contributed by atoms with Crippen LogP contribution in [0.5, 0.6) is 5.75 Å². The molecule has 1 heterocycles. The summed E-state index contributed by atoms with van der Waals surface area (Å²) in [6.07, 6.45) is 3.88. The molecule has 0 aliphatic heterocycles. The quantitative estimate of drug-likeness (QED) is 0.656. The van der Waals surface area contributed by atoms with E-state index < -0.39 is 21.9 Å². The molecule has 1 aliphatic carbocycles. The molecular weight excluding hydrogens is 236 g/mol. The van der Waals surface area contributed by atoms with Crippen LogP contribution < -0.4 is 5.56 Å². The van der Waals surface area contributed by atoms with E-state index in [2.05, 4.69) is 0 Å². The number of hydrogen-bond acceptors (Lipinski definition) is 4. The van der Waals surface area contributed by atoms with Crippen molar-refractivity contribution in [3.8, 4) is 5.75 Å². The molecule has 18 heavy (non-hydrogen) atoms. The van der Waals surface area contributed by atoms with Gasteiger partial charge in [-0.05, 0) is 32.1 Å². The molecule has 0 saturated carbocycles. The lowest BCUT2D eigenvalue weighted by molar-refractivity contribution is -0.387. The first kappa shape index (κ1) is 12.6. The number of aromatic hydroxyl groups is 1. The standard InChI is InChI=1S/C12H16N2O4/c1-2-7-13-9-6-4-3-5-8(9)11(15)10(12(13)16)14(17)18/h15H,2-7H2,1H3. The largest absolute Gasteiger partial charge is 0.502 e. The van der Waals surface area contributed by atoms with Crippen molar-refractivity contribution in [2.75, 3.05) is 0 Å². The van der Waals surface area contributed by atoms with Crippen molar-refractivity contribution in [3.05, 3.63) is 31.7 Å². The summed E-state index contributed by atoms with van der Waals surface area (Å²) in [5.41, 5.74) is 0.00120. The molecule has 0 saturated heterocycles. The van der Waals surface area contributed by atoms with E-state index >= 15 is 0 Å². The highest BCUT2D eigenvalue weighted by Crippen LogP contribution is 2.33. The minimum atomic E-state index is -0.779. The van der Waals surface area contributed by atoms with E-state index in [1.165, 1.54) is 4.57 Å². The molecule has 6 heteroatoms. The van der Waals surface area contributed by atoms with E-state index in [0.717, 1.165) is 25.0 Å². The lowest BCUT2D eigenvalue weighted by Gasteiger charge is -2.21. The Morgan fingerprint density at radius 3 is 2.67 bits per heavy atom. The Labute approximate surface area is 104 Å². The summed E-state index contributed by atoms with van der Waals surface area (Å²) in [4.78, 5) is 22.2. The van der Waals surface area contributed by atoms with Gasteiger partial charge in [0.05, 0.1) is 4.92 Å². The van der Waals surface area contributed by atoms with Crippen molar-refractivity contribution in [2.45, 2.75) is 45.6 Å². The number of nitro groups is 1. The minimum absolute atomic E-state index is 0.424. The van der Waals surface area contributed by atoms with Gasteiger partial charge in [-0.15, -0.1) is 0 Å². The zero-order chi connectivity index (χ0) is 13.3. The Kier molecular flexibility index (Phi) is 3.36. The lowest BCUT2D eigenvalue weighted by atomic mass is 9.94. The van der Waals surface area contributed by atoms with Gasteiger partial charge in [-0.25, -0.2) is 0 Å². The summed E-state index contributed by atoms with van der Waals surface area (Å²) < 4.78 is 1.46. The SMILES string of the molecule is CCCn1c2c(c(O)c([N+](=O)[O-])c1=O)CCCC2. The van der Waals surface area contributed by atoms with Crippen LogP contribution in [0.3, 0.4) is 0 Å². The molecule has 0 radical (unpaired) electrons. The van der Waals surface area contributed by atoms with Crippen molar-refractivity contribution < 1.29 is 10.0 Å². The molecule has 98 valence electrons. The van der Waals surface area contributed by atoms with Gasteiger partial charge < -0.3 is 9.67 Å². The Bertz CT molecular complexity index is 548. The number of fused-ring (bicyclic) bond motifs is 1. The Morgan fingerprint density at radius 2 is 2.06 bits per heavy atom. The summed E-state index contributed by atoms with van der Waals surface area (Å²) in [6.45, 7) is 2.38. The van der Waals surface area contributed by atoms with Crippen LogP contribution in [-0.4, -0.2) is 14.6 Å². The van der Waals surface area contributed by atoms with Crippen LogP contribution in [0.1, 0.15) is 37.4 Å². The van der Waals surface area contributed by atoms with E-state index in [-0.39, 0.29) is 0 Å². The van der Waals surface area contributed by atoms with Crippen LogP contribution >= 0.6 is 0 Å². The predicted molar refractivity (Wildman–Crippen MR) is 66.0 cm³/mol. The second-order valence-corrected chi connectivity index (χ2v) is 4.54. The van der Waals surface area contributed by atoms with Gasteiger partial charge in [0.15, 0.2) is 0 Å². The molecule has 0 bridgehead atoms. The second kappa shape index (κ2) is 4.80. The van der Waals surface area contributed by atoms with E-state index in [1.807, 2.05) is 6.92 Å². The van der Waals surface area contributed by atoms with Crippen LogP contribution in [0.25, 0.3) is 0 Å². The van der Waals surface area contributed by atoms with Gasteiger partial charge in [-0.2, -0.15) is 0 Å². The minimum Gasteiger partial charge on any atom is -0.502 e. The van der Waals surface area contributed by atoms with Gasteiger partial charge in [-0.1, -0.05) is 6.92 Å². The van der Waals surface area contributed by atoms with Crippen LogP contribution in [-0.2, 0) is 19.4 Å². The van der Waals surface area contributed by atoms with Gasteiger partial charge in [-0.3, -0.25) is 14.9 Å². The van der Waals surface area contributed by atoms with Crippen molar-refractivity contribution in [1.29, 1.82) is 0 Å². The van der Waals surface area contributed by atoms with Crippen molar-refractivity contribution in [1.82, 2.24) is 4.57 Å². The highest BCUT2D eigenvalue weighted by molar-refractivity contribution is 5.52. The number of pyridine rings is 1. The maximum absolute atomic E-state index is 12.1. The predicted octanol–water partition coefficient (Wildman–Crippen LogP) is 1.75. The molecule has 1 N–H and O–H groups in total. The van der Waals surface area contributed by atoms with E-state index in [1.54, 1.807) is 0 Å². The fourth-order valence-electron chi connectivity index (χ4n) is 2.56. The van der Waals surface area contributed by atoms with Crippen LogP contribution in [0.4, 0.5) is 5.69 Å². The molecular formula is C12H16N2O4. The van der Waals surface area contributed by atoms with Crippen molar-refractivity contribution >= 4 is 5.69 Å². The average molecular weight is 252 g/mol. The summed E-state index contributed by atoms with van der Waals surface area (Å²) in [5, 5.41) is 20.8. The maximum Gasteiger partial charge on any atom is 0.375 e. The molecule has 0 amide bonds. The molecule has 1 aromatic rings. The summed E-state index contributed by atoms with van der Waals surface area (Å²) in [5.74, 6) is -0.424. The molecule has 0 atom stereocenters. The molecule has 2 rings (SSSR count). The van der Waals surface area contributed by atoms with Gasteiger partial charge in [0, 0.05) is 17.8 Å². The van der Waals surface area contributed by atoms with Gasteiger partial charge in [0.1, 0.15) is 0 Å². The smallest absolute Gasteiger partial charge is 0.375 e. The summed E-state index contributed by atoms with van der Waals surface area (Å²) in [6, 6.07) is 0. The Hall–Kier alpha value is -1.85. The first-order chi connectivity index (χ1) is 8.57. The van der Waals surface area contributed by atoms with E-state index in [9.17, 15) is 20.0 Å². The average Bonchev–Trinajstić information content (AvgIpc) is 2.34. The molecule has 1 aromatic heterocycles. The molecule has 6 nitrogen and oxygen atoms in total. The highest BCUT2D eigenvalue weighted by Gasteiger charge is 2.29. The van der Waals surface area contributed by atoms with Gasteiger partial charge in [0.2, 0.25) is 5.75 Å². The van der Waals surface area contributed by atoms with Crippen LogP contribution in [0, 0.1) is 10.1 Å². The monoisotopic (exact) mass is 252 g/mol. The summed E-state index contributed by atoms with van der Waals surface area (Å²) in [7, 11) is 0. The third-order valence-corrected chi connectivity index (χ3v) is 3.35. The van der Waals surface area contributed by atoms with Crippen LogP contribution in [0.15, 0.2) is 4.79 Å². The van der Waals surface area contributed by atoms with E-state index in [0.29, 0.717) is 24.9 Å². The number of rotatable bonds is 3. The molecule has 0 unspecified atom stereocenters. The first-order valence-electron chi connectivity index (χ1n) is 6.19. The van der Waals surface area contributed by atoms with Crippen molar-refractivity contribution in [2.24, 2.45) is 0 Å². The fraction of sp³-hybridized carbons (Fsp3) is 0.583. The number of aromatic nitrogens is 1. The lowest BCUT2D eigenvalue weighted by Crippen LogP contribution is -2.28. The number of nitrogens with zero attached hydrogens (tertiary/aromatic N) is 2. The Morgan fingerprint density at radius 1 is 1.39 bits per heavy atom. The van der Waals surface area contributed by atoms with Crippen LogP contribution in [0.2, 0.25) is 0 Å². The highest BCUT2D eigenvalue weighted by atomic mass is 16.6. The number of hydrogen-bond donors (Lipinski definition) is 1. The van der Waals surface area contributed by atoms with Gasteiger partial charge in [0.25, 0.3) is 0 Å². The molecule has 1 aliphatic rings. The molecule has 0 spiro atoms. The fourth-order valence-corrected chi connectivity index (χ4v) is 2.56. The second-order valence-electron chi connectivity index (χ2n) is 4.54. The third kappa shape index (κ3) is 1.87. The molecule has 0 fully saturated rings. The Balaban J connectivity index is 2.76. The first-order valence-corrected chi connectivity index (χ1v) is 6.19. The van der Waals surface area contributed by atoms with E-state index in [4.69, 9.17) is 0 Å².